The minimum atomic E-state index is -3.64. The maximum Gasteiger partial charge on any atom is 0.258 e. The molecule has 0 aliphatic rings. The zero-order valence-electron chi connectivity index (χ0n) is 82.3. The third-order valence-corrected chi connectivity index (χ3v) is 24.3. The molecule has 0 aliphatic carbocycles. The summed E-state index contributed by atoms with van der Waals surface area (Å²) in [6.07, 6.45) is 0. The standard InChI is InChI=1S/C25H27N7O4.C25H29N5O8.C23H27N7O6S2.C23H25N5O6/c1-26-19-14-20(27-21(33)15-6-10-17(11-7-15)23(35)31(2)3)29-25(28-19)30-22(34)16-8-12-18(13-9-16)24(36)32(4)5;1-26-20-10-21(27-23(33)13-6-15(11-31)16(12-32)17(7-13)35-2)29-25(28-20)30-24(34)14-8-18(36-3)22(38-5)19(9-14)37-4;1-24-19-14-20(25-21(31)15-6-10-17(11-7-15)37(33,34)29(2)3)27-23(26-19)28-22(32)16-8-12-18(13-9-16)38(35,36)30(4)5;1-24-19-10-20(25-21(31)13-4-5-15(11-29)16(8-13)12-30)27-23(26-19)28-22(32)14-6-7-17(33-2)18(9-14)34-3/h6-14H,1-5H3,(H3,26,27,28,29,30,33,34);6-10,31-32H,11-12H2,1-5H3,(H3,26,27,28,29,30,33,34);6-14H,1-5H3,(H3,24,25,26,27,28,31,32);4-10,29-30H,11-12H2,1-3H3,(H3,24,25,26,27,28,31,32). The van der Waals surface area contributed by atoms with Crippen LogP contribution < -0.4 is 92.2 Å². The molecule has 12 rings (SSSR count). The van der Waals surface area contributed by atoms with Gasteiger partial charge in [-0.2, -0.15) is 39.9 Å². The van der Waals surface area contributed by atoms with Crippen molar-refractivity contribution in [3.63, 3.8) is 0 Å². The molecule has 12 aromatic rings. The van der Waals surface area contributed by atoms with Crippen molar-refractivity contribution in [2.45, 2.75) is 36.2 Å². The first-order valence-corrected chi connectivity index (χ1v) is 46.2. The van der Waals surface area contributed by atoms with Gasteiger partial charge in [0.1, 0.15) is 52.3 Å². The second-order valence-electron chi connectivity index (χ2n) is 31.1. The molecule has 16 N–H and O–H groups in total. The topological polar surface area (TPSA) is 636 Å². The average Bonchev–Trinajstić information content (AvgIpc) is 0.800. The van der Waals surface area contributed by atoms with Crippen LogP contribution in [0.15, 0.2) is 192 Å². The number of aliphatic hydroxyl groups is 4. The summed E-state index contributed by atoms with van der Waals surface area (Å²) >= 11 is 0. The van der Waals surface area contributed by atoms with E-state index in [4.69, 9.17) is 28.4 Å². The number of rotatable bonds is 36. The van der Waals surface area contributed by atoms with Crippen LogP contribution in [-0.4, -0.2) is 282 Å². The molecule has 0 radical (unpaired) electrons. The molecule has 0 fully saturated rings. The largest absolute Gasteiger partial charge is 0.496 e. The van der Waals surface area contributed by atoms with Crippen LogP contribution in [0, 0.1) is 0 Å². The van der Waals surface area contributed by atoms with Crippen molar-refractivity contribution >= 4 is 149 Å². The van der Waals surface area contributed by atoms with Gasteiger partial charge >= 0.3 is 0 Å². The number of hydrogen-bond acceptors (Lipinski definition) is 36. The molecule has 0 atom stereocenters. The lowest BCUT2D eigenvalue weighted by molar-refractivity contribution is 0.0820. The fourth-order valence-electron chi connectivity index (χ4n) is 12.8. The summed E-state index contributed by atoms with van der Waals surface area (Å²) in [4.78, 5) is 163. The maximum absolute atomic E-state index is 13.0. The Morgan fingerprint density at radius 3 is 0.822 bits per heavy atom. The number of hydrogen-bond donors (Lipinski definition) is 16. The molecule has 0 saturated heterocycles. The first-order valence-electron chi connectivity index (χ1n) is 43.3. The van der Waals surface area contributed by atoms with Crippen LogP contribution in [0.4, 0.5) is 70.3 Å². The van der Waals surface area contributed by atoms with Crippen molar-refractivity contribution < 1.29 is 114 Å². The summed E-state index contributed by atoms with van der Waals surface area (Å²) in [5, 5.41) is 70.2. The first kappa shape index (κ1) is 112. The van der Waals surface area contributed by atoms with Crippen LogP contribution in [-0.2, 0) is 46.5 Å². The third kappa shape index (κ3) is 29.3. The molecule has 768 valence electrons. The molecule has 0 bridgehead atoms. The van der Waals surface area contributed by atoms with E-state index in [9.17, 15) is 85.2 Å². The molecule has 146 heavy (non-hydrogen) atoms. The zero-order valence-corrected chi connectivity index (χ0v) is 83.9. The lowest BCUT2D eigenvalue weighted by Crippen LogP contribution is -2.22. The smallest absolute Gasteiger partial charge is 0.258 e. The summed E-state index contributed by atoms with van der Waals surface area (Å²) in [7, 11) is 20.1. The van der Waals surface area contributed by atoms with Crippen LogP contribution >= 0.6 is 0 Å². The van der Waals surface area contributed by atoms with E-state index in [1.165, 1.54) is 208 Å². The maximum atomic E-state index is 13.0. The number of nitrogens with zero attached hydrogens (tertiary/aromatic N) is 12. The highest BCUT2D eigenvalue weighted by atomic mass is 32.2. The number of carbonyl (C=O) groups excluding carboxylic acids is 10. The van der Waals surface area contributed by atoms with Crippen molar-refractivity contribution in [3.05, 3.63) is 260 Å². The number of nitrogens with one attached hydrogen (secondary N) is 12. The minimum Gasteiger partial charge on any atom is -0.496 e. The van der Waals surface area contributed by atoms with Gasteiger partial charge in [0.2, 0.25) is 49.6 Å². The van der Waals surface area contributed by atoms with E-state index in [1.807, 2.05) is 0 Å². The Bertz CT molecular complexity index is 6590. The van der Waals surface area contributed by atoms with Crippen LogP contribution in [0.3, 0.4) is 0 Å². The lowest BCUT2D eigenvalue weighted by Gasteiger charge is -2.15. The van der Waals surface area contributed by atoms with Gasteiger partial charge < -0.3 is 101 Å². The van der Waals surface area contributed by atoms with Crippen LogP contribution in [0.1, 0.15) is 126 Å². The Morgan fingerprint density at radius 2 is 0.514 bits per heavy atom. The Labute approximate surface area is 838 Å². The number of anilines is 12. The molecule has 0 aliphatic heterocycles. The number of methoxy groups -OCH3 is 6. The van der Waals surface area contributed by atoms with E-state index in [1.54, 1.807) is 111 Å². The van der Waals surface area contributed by atoms with E-state index in [0.717, 1.165) is 8.61 Å². The number of aliphatic hydroxyl groups excluding tert-OH is 4. The van der Waals surface area contributed by atoms with Gasteiger partial charge in [0, 0.05) is 170 Å². The summed E-state index contributed by atoms with van der Waals surface area (Å²) in [6.45, 7) is -1.34. The molecule has 48 nitrogen and oxygen atoms in total. The van der Waals surface area contributed by atoms with E-state index < -0.39 is 73.9 Å². The van der Waals surface area contributed by atoms with Gasteiger partial charge in [0.05, 0.1) is 78.9 Å². The molecular weight excluding hydrogens is 1940 g/mol. The Morgan fingerprint density at radius 1 is 0.260 bits per heavy atom. The third-order valence-electron chi connectivity index (χ3n) is 20.7. The first-order chi connectivity index (χ1) is 69.6. The SMILES string of the molecule is CNc1cc(NC(=O)c2cc(CO)c(CO)c(OC)c2)nc(NC(=O)c2cc(OC)c(OC)c(OC)c2)n1.CNc1cc(NC(=O)c2ccc(C(=O)N(C)C)cc2)nc(NC(=O)c2ccc(C(=O)N(C)C)cc2)n1.CNc1cc(NC(=O)c2ccc(CO)c(CO)c2)nc(NC(=O)c2ccc(OC)c(OC)c2)n1.CNc1cc(NC(=O)c2ccc(S(=O)(=O)N(C)C)cc2)nc(NC(=O)c2ccc(S(=O)(=O)N(C)C)cc2)n1. The van der Waals surface area contributed by atoms with E-state index in [2.05, 4.69) is 104 Å². The lowest BCUT2D eigenvalue weighted by atomic mass is 10.0. The normalized spacial score (nSPS) is 10.7. The molecule has 0 unspecified atom stereocenters. The van der Waals surface area contributed by atoms with Crippen molar-refractivity contribution in [1.29, 1.82) is 0 Å². The predicted molar refractivity (Wildman–Crippen MR) is 542 cm³/mol. The van der Waals surface area contributed by atoms with Crippen LogP contribution in [0.5, 0.6) is 34.5 Å². The van der Waals surface area contributed by atoms with E-state index >= 15 is 0 Å². The molecule has 10 amide bonds. The molecule has 4 aromatic heterocycles. The zero-order chi connectivity index (χ0) is 107. The van der Waals surface area contributed by atoms with Gasteiger partial charge in [-0.25, -0.2) is 25.4 Å². The van der Waals surface area contributed by atoms with Crippen molar-refractivity contribution in [1.82, 2.24) is 58.3 Å². The van der Waals surface area contributed by atoms with Gasteiger partial charge in [-0.05, 0) is 168 Å². The summed E-state index contributed by atoms with van der Waals surface area (Å²) in [5.74, 6) is -0.948. The highest BCUT2D eigenvalue weighted by Crippen LogP contribution is 2.39. The molecule has 0 saturated carbocycles. The van der Waals surface area contributed by atoms with Crippen LogP contribution in [0.25, 0.3) is 0 Å². The van der Waals surface area contributed by atoms with Gasteiger partial charge in [-0.1, -0.05) is 6.07 Å². The number of amides is 10. The molecular formula is C96H108N24O24S2. The van der Waals surface area contributed by atoms with Crippen molar-refractivity contribution in [3.8, 4) is 34.5 Å². The van der Waals surface area contributed by atoms with Gasteiger partial charge in [-0.3, -0.25) is 69.2 Å². The predicted octanol–water partition coefficient (Wildman–Crippen LogP) is 8.02. The molecule has 8 aromatic carbocycles. The number of aromatic nitrogens is 8. The highest BCUT2D eigenvalue weighted by Gasteiger charge is 2.27. The Hall–Kier alpha value is -17.6. The van der Waals surface area contributed by atoms with Gasteiger partial charge in [-0.15, -0.1) is 0 Å². The minimum absolute atomic E-state index is 0.0254. The fourth-order valence-corrected chi connectivity index (χ4v) is 14.7. The average molecular weight is 2050 g/mol. The van der Waals surface area contributed by atoms with Crippen molar-refractivity contribution in [2.75, 3.05) is 191 Å². The summed E-state index contributed by atoms with van der Waals surface area (Å²) in [5.41, 5.74) is 4.50. The second-order valence-corrected chi connectivity index (χ2v) is 35.4. The summed E-state index contributed by atoms with van der Waals surface area (Å²) in [6, 6.07) is 44.2. The molecule has 50 heteroatoms. The Kier molecular flexibility index (Phi) is 39.7. The molecule has 0 spiro atoms. The van der Waals surface area contributed by atoms with Crippen LogP contribution in [0.2, 0.25) is 0 Å². The Balaban J connectivity index is 0.000000217. The quantitative estimate of drug-likeness (QED) is 0.0177. The molecule has 4 heterocycles. The second kappa shape index (κ2) is 51.7. The van der Waals surface area contributed by atoms with Crippen molar-refractivity contribution in [2.24, 2.45) is 0 Å². The number of ether oxygens (including phenoxy) is 6. The monoisotopic (exact) mass is 2040 g/mol. The number of benzene rings is 8. The fraction of sp³-hybridized carbons (Fsp3) is 0.229. The number of carbonyl (C=O) groups is 10. The highest BCUT2D eigenvalue weighted by molar-refractivity contribution is 7.89. The van der Waals surface area contributed by atoms with Gasteiger partial charge in [0.15, 0.2) is 23.0 Å². The summed E-state index contributed by atoms with van der Waals surface area (Å²) < 4.78 is 82.6. The van der Waals surface area contributed by atoms with E-state index in [-0.39, 0.29) is 122 Å². The number of sulfonamides is 2. The van der Waals surface area contributed by atoms with E-state index in [0.29, 0.717) is 102 Å². The van der Waals surface area contributed by atoms with Gasteiger partial charge in [0.25, 0.3) is 59.1 Å².